The number of benzene rings is 3. The van der Waals surface area contributed by atoms with Crippen molar-refractivity contribution in [3.05, 3.63) is 107 Å². The average Bonchev–Trinajstić information content (AvgIpc) is 3.07. The molecule has 0 radical (unpaired) electrons. The van der Waals surface area contributed by atoms with Crippen LogP contribution >= 0.6 is 0 Å². The van der Waals surface area contributed by atoms with Crippen LogP contribution in [0.3, 0.4) is 0 Å². The van der Waals surface area contributed by atoms with E-state index in [0.29, 0.717) is 5.75 Å². The number of carbonyl (C=O) groups is 1. The lowest BCUT2D eigenvalue weighted by molar-refractivity contribution is 0.0818. The van der Waals surface area contributed by atoms with Gasteiger partial charge in [0.1, 0.15) is 5.75 Å². The second-order valence-electron chi connectivity index (χ2n) is 7.27. The average molecular weight is 396 g/mol. The maximum atomic E-state index is 12.9. The molecule has 0 atom stereocenters. The van der Waals surface area contributed by atoms with Gasteiger partial charge >= 0.3 is 0 Å². The van der Waals surface area contributed by atoms with Crippen molar-refractivity contribution < 1.29 is 9.53 Å². The van der Waals surface area contributed by atoms with Crippen molar-refractivity contribution in [3.63, 3.8) is 0 Å². The minimum absolute atomic E-state index is 0.0728. The van der Waals surface area contributed by atoms with E-state index in [2.05, 4.69) is 17.2 Å². The fourth-order valence-corrected chi connectivity index (χ4v) is 3.62. The van der Waals surface area contributed by atoms with E-state index in [1.807, 2.05) is 86.6 Å². The Kier molecular flexibility index (Phi) is 5.75. The molecule has 4 aromatic rings. The number of nitrogens with zero attached hydrogens (tertiary/aromatic N) is 2. The molecule has 0 spiro atoms. The van der Waals surface area contributed by atoms with Gasteiger partial charge in [-0.3, -0.25) is 4.79 Å². The molecule has 4 heteroatoms. The second kappa shape index (κ2) is 8.78. The molecule has 0 aliphatic rings. The number of hydrogen-bond donors (Lipinski definition) is 0. The molecule has 0 fully saturated rings. The summed E-state index contributed by atoms with van der Waals surface area (Å²) in [6.45, 7) is 3.81. The summed E-state index contributed by atoms with van der Waals surface area (Å²) in [7, 11) is 0. The molecule has 0 saturated heterocycles. The molecule has 1 heterocycles. The van der Waals surface area contributed by atoms with Gasteiger partial charge in [0.05, 0.1) is 5.69 Å². The zero-order valence-corrected chi connectivity index (χ0v) is 17.2. The fraction of sp³-hybridized carbons (Fsp3) is 0.154. The van der Waals surface area contributed by atoms with Crippen LogP contribution in [0.4, 0.5) is 0 Å². The summed E-state index contributed by atoms with van der Waals surface area (Å²) in [4.78, 5) is 12.9. The van der Waals surface area contributed by atoms with Crippen molar-refractivity contribution >= 4 is 5.91 Å². The Morgan fingerprint density at radius 1 is 0.867 bits per heavy atom. The van der Waals surface area contributed by atoms with Gasteiger partial charge in [-0.25, -0.2) is 4.68 Å². The number of aromatic nitrogens is 2. The standard InChI is InChI=1S/C26H24N2O2/c1-19-24(17-21-11-5-3-6-12-21)20(2)28(27-19)26(29)18-30-25-16-10-9-15-23(25)22-13-7-4-8-14-22/h3-16H,17-18H2,1-2H3. The number of carbonyl (C=O) groups excluding carboxylic acids is 1. The number of aryl methyl sites for hydroxylation is 1. The zero-order valence-electron chi connectivity index (χ0n) is 17.2. The number of ether oxygens (including phenoxy) is 1. The van der Waals surface area contributed by atoms with E-state index >= 15 is 0 Å². The van der Waals surface area contributed by atoms with Gasteiger partial charge in [-0.1, -0.05) is 78.9 Å². The van der Waals surface area contributed by atoms with Crippen LogP contribution < -0.4 is 4.74 Å². The van der Waals surface area contributed by atoms with Crippen LogP contribution in [0.2, 0.25) is 0 Å². The Labute approximate surface area is 176 Å². The SMILES string of the molecule is Cc1nn(C(=O)COc2ccccc2-c2ccccc2)c(C)c1Cc1ccccc1. The largest absolute Gasteiger partial charge is 0.483 e. The Morgan fingerprint density at radius 2 is 1.50 bits per heavy atom. The van der Waals surface area contributed by atoms with Gasteiger partial charge in [0, 0.05) is 23.2 Å². The highest BCUT2D eigenvalue weighted by Gasteiger charge is 2.18. The minimum Gasteiger partial charge on any atom is -0.483 e. The van der Waals surface area contributed by atoms with E-state index < -0.39 is 0 Å². The predicted octanol–water partition coefficient (Wildman–Crippen LogP) is 5.48. The Bertz CT molecular complexity index is 1150. The molecule has 1 aromatic heterocycles. The first-order valence-corrected chi connectivity index (χ1v) is 10.0. The first kappa shape index (κ1) is 19.6. The summed E-state index contributed by atoms with van der Waals surface area (Å²) in [6, 6.07) is 28.0. The lowest BCUT2D eigenvalue weighted by Crippen LogP contribution is -2.22. The molecule has 0 saturated carbocycles. The first-order valence-electron chi connectivity index (χ1n) is 10.0. The van der Waals surface area contributed by atoms with Gasteiger partial charge in [0.2, 0.25) is 0 Å². The summed E-state index contributed by atoms with van der Waals surface area (Å²) in [5.74, 6) is 0.501. The fourth-order valence-electron chi connectivity index (χ4n) is 3.62. The topological polar surface area (TPSA) is 44.1 Å². The van der Waals surface area contributed by atoms with E-state index in [1.165, 1.54) is 10.2 Å². The van der Waals surface area contributed by atoms with Crippen LogP contribution in [0.1, 0.15) is 27.3 Å². The smallest absolute Gasteiger partial charge is 0.284 e. The molecule has 0 aliphatic carbocycles. The van der Waals surface area contributed by atoms with Crippen molar-refractivity contribution in [1.82, 2.24) is 9.78 Å². The van der Waals surface area contributed by atoms with E-state index in [-0.39, 0.29) is 12.5 Å². The van der Waals surface area contributed by atoms with Crippen molar-refractivity contribution in [1.29, 1.82) is 0 Å². The molecule has 4 nitrogen and oxygen atoms in total. The summed E-state index contributed by atoms with van der Waals surface area (Å²) in [5, 5.41) is 4.49. The summed E-state index contributed by atoms with van der Waals surface area (Å²) in [5.41, 5.74) is 6.03. The highest BCUT2D eigenvalue weighted by molar-refractivity contribution is 5.81. The molecule has 3 aromatic carbocycles. The van der Waals surface area contributed by atoms with Crippen molar-refractivity contribution in [3.8, 4) is 16.9 Å². The predicted molar refractivity (Wildman–Crippen MR) is 119 cm³/mol. The van der Waals surface area contributed by atoms with Gasteiger partial charge in [-0.15, -0.1) is 0 Å². The van der Waals surface area contributed by atoms with Crippen LogP contribution in [0.15, 0.2) is 84.9 Å². The zero-order chi connectivity index (χ0) is 20.9. The molecular formula is C26H24N2O2. The molecule has 0 unspecified atom stereocenters. The Morgan fingerprint density at radius 3 is 2.23 bits per heavy atom. The highest BCUT2D eigenvalue weighted by Crippen LogP contribution is 2.29. The lowest BCUT2D eigenvalue weighted by atomic mass is 10.0. The molecule has 0 amide bonds. The third-order valence-corrected chi connectivity index (χ3v) is 5.22. The number of para-hydroxylation sites is 1. The van der Waals surface area contributed by atoms with E-state index in [4.69, 9.17) is 4.74 Å². The van der Waals surface area contributed by atoms with Gasteiger partial charge in [-0.05, 0) is 31.0 Å². The lowest BCUT2D eigenvalue weighted by Gasteiger charge is -2.11. The molecule has 4 rings (SSSR count). The van der Waals surface area contributed by atoms with Gasteiger partial charge in [-0.2, -0.15) is 5.10 Å². The first-order chi connectivity index (χ1) is 14.6. The quantitative estimate of drug-likeness (QED) is 0.434. The Hall–Kier alpha value is -3.66. The summed E-state index contributed by atoms with van der Waals surface area (Å²) < 4.78 is 7.39. The molecule has 0 aliphatic heterocycles. The summed E-state index contributed by atoms with van der Waals surface area (Å²) >= 11 is 0. The van der Waals surface area contributed by atoms with Crippen molar-refractivity contribution in [2.75, 3.05) is 6.61 Å². The van der Waals surface area contributed by atoms with Crippen LogP contribution in [0, 0.1) is 13.8 Å². The third-order valence-electron chi connectivity index (χ3n) is 5.22. The Balaban J connectivity index is 1.52. The van der Waals surface area contributed by atoms with Gasteiger partial charge < -0.3 is 4.74 Å². The summed E-state index contributed by atoms with van der Waals surface area (Å²) in [6.07, 6.45) is 0.753. The maximum Gasteiger partial charge on any atom is 0.284 e. The van der Waals surface area contributed by atoms with Crippen LogP contribution in [-0.2, 0) is 6.42 Å². The maximum absolute atomic E-state index is 12.9. The van der Waals surface area contributed by atoms with Gasteiger partial charge in [0.15, 0.2) is 6.61 Å². The van der Waals surface area contributed by atoms with Crippen LogP contribution in [0.5, 0.6) is 5.75 Å². The third kappa shape index (κ3) is 4.18. The van der Waals surface area contributed by atoms with Crippen LogP contribution in [-0.4, -0.2) is 22.3 Å². The van der Waals surface area contributed by atoms with Crippen molar-refractivity contribution in [2.24, 2.45) is 0 Å². The normalized spacial score (nSPS) is 10.7. The van der Waals surface area contributed by atoms with E-state index in [1.54, 1.807) is 0 Å². The number of hydrogen-bond acceptors (Lipinski definition) is 3. The molecule has 0 N–H and O–H groups in total. The minimum atomic E-state index is -0.183. The monoisotopic (exact) mass is 396 g/mol. The molecule has 30 heavy (non-hydrogen) atoms. The molecule has 150 valence electrons. The van der Waals surface area contributed by atoms with E-state index in [0.717, 1.165) is 34.5 Å². The number of rotatable bonds is 6. The van der Waals surface area contributed by atoms with Crippen LogP contribution in [0.25, 0.3) is 11.1 Å². The second-order valence-corrected chi connectivity index (χ2v) is 7.27. The van der Waals surface area contributed by atoms with Gasteiger partial charge in [0.25, 0.3) is 5.91 Å². The highest BCUT2D eigenvalue weighted by atomic mass is 16.5. The van der Waals surface area contributed by atoms with Crippen molar-refractivity contribution in [2.45, 2.75) is 20.3 Å². The molecule has 0 bridgehead atoms. The molecular weight excluding hydrogens is 372 g/mol. The van der Waals surface area contributed by atoms with E-state index in [9.17, 15) is 4.79 Å².